The maximum atomic E-state index is 11.7. The van der Waals surface area contributed by atoms with E-state index in [9.17, 15) is 9.59 Å². The number of rotatable bonds is 3. The number of nitrogens with one attached hydrogen (secondary N) is 2. The van der Waals surface area contributed by atoms with Crippen molar-refractivity contribution in [2.45, 2.75) is 6.42 Å². The molecule has 0 radical (unpaired) electrons. The minimum absolute atomic E-state index is 0.316. The van der Waals surface area contributed by atoms with E-state index in [1.165, 1.54) is 6.39 Å². The SMILES string of the molecule is O=C(NCCc1ncon1)C(=O)N1CCNCC1. The third kappa shape index (κ3) is 3.27. The summed E-state index contributed by atoms with van der Waals surface area (Å²) in [5.41, 5.74) is 0. The summed E-state index contributed by atoms with van der Waals surface area (Å²) in [6.45, 7) is 2.90. The van der Waals surface area contributed by atoms with Gasteiger partial charge in [-0.1, -0.05) is 5.16 Å². The number of nitrogens with zero attached hydrogens (tertiary/aromatic N) is 3. The van der Waals surface area contributed by atoms with Crippen LogP contribution in [-0.4, -0.2) is 59.6 Å². The first-order valence-electron chi connectivity index (χ1n) is 5.80. The Kier molecular flexibility index (Phi) is 4.24. The number of carbonyl (C=O) groups excluding carboxylic acids is 2. The predicted octanol–water partition coefficient (Wildman–Crippen LogP) is -1.84. The molecule has 8 heteroatoms. The molecule has 1 aliphatic heterocycles. The summed E-state index contributed by atoms with van der Waals surface area (Å²) < 4.78 is 4.56. The van der Waals surface area contributed by atoms with Crippen LogP contribution in [0.2, 0.25) is 0 Å². The molecule has 0 atom stereocenters. The summed E-state index contributed by atoms with van der Waals surface area (Å²) in [5.74, 6) is -0.560. The van der Waals surface area contributed by atoms with Gasteiger partial charge in [0.1, 0.15) is 0 Å². The molecule has 1 saturated heterocycles. The number of carbonyl (C=O) groups is 2. The van der Waals surface area contributed by atoms with Gasteiger partial charge in [0.05, 0.1) is 0 Å². The summed E-state index contributed by atoms with van der Waals surface area (Å²) in [7, 11) is 0. The normalized spacial score (nSPS) is 15.4. The smallest absolute Gasteiger partial charge is 0.311 e. The van der Waals surface area contributed by atoms with Crippen molar-refractivity contribution in [3.63, 3.8) is 0 Å². The molecule has 18 heavy (non-hydrogen) atoms. The van der Waals surface area contributed by atoms with Crippen LogP contribution in [0.25, 0.3) is 0 Å². The lowest BCUT2D eigenvalue weighted by Gasteiger charge is -2.26. The Balaban J connectivity index is 1.71. The van der Waals surface area contributed by atoms with Gasteiger partial charge in [0.15, 0.2) is 5.82 Å². The largest absolute Gasteiger partial charge is 0.347 e. The summed E-state index contributed by atoms with van der Waals surface area (Å²) in [6, 6.07) is 0. The van der Waals surface area contributed by atoms with Crippen LogP contribution < -0.4 is 10.6 Å². The van der Waals surface area contributed by atoms with E-state index in [4.69, 9.17) is 0 Å². The van der Waals surface area contributed by atoms with Crippen molar-refractivity contribution in [1.82, 2.24) is 25.7 Å². The van der Waals surface area contributed by atoms with Crippen molar-refractivity contribution in [2.75, 3.05) is 32.7 Å². The molecule has 0 saturated carbocycles. The van der Waals surface area contributed by atoms with Gasteiger partial charge in [-0.3, -0.25) is 9.59 Å². The monoisotopic (exact) mass is 253 g/mol. The number of hydrogen-bond donors (Lipinski definition) is 2. The molecule has 0 aliphatic carbocycles. The van der Waals surface area contributed by atoms with Crippen molar-refractivity contribution in [3.8, 4) is 0 Å². The van der Waals surface area contributed by atoms with Crippen molar-refractivity contribution in [1.29, 1.82) is 0 Å². The Morgan fingerprint density at radius 1 is 1.44 bits per heavy atom. The molecule has 2 heterocycles. The van der Waals surface area contributed by atoms with Crippen LogP contribution in [0.1, 0.15) is 5.82 Å². The first kappa shape index (κ1) is 12.5. The standard InChI is InChI=1S/C10H15N5O3/c16-9(10(17)15-5-3-11-4-6-15)12-2-1-8-13-7-18-14-8/h7,11H,1-6H2,(H,12,16). The zero-order chi connectivity index (χ0) is 12.8. The second-order valence-electron chi connectivity index (χ2n) is 3.90. The molecule has 0 spiro atoms. The Bertz CT molecular complexity index is 400. The Hall–Kier alpha value is -1.96. The van der Waals surface area contributed by atoms with Gasteiger partial charge in [-0.2, -0.15) is 4.98 Å². The molecule has 0 aromatic carbocycles. The lowest BCUT2D eigenvalue weighted by Crippen LogP contribution is -2.51. The van der Waals surface area contributed by atoms with Gasteiger partial charge in [-0.25, -0.2) is 0 Å². The third-order valence-electron chi connectivity index (χ3n) is 2.64. The minimum Gasteiger partial charge on any atom is -0.347 e. The average molecular weight is 253 g/mol. The van der Waals surface area contributed by atoms with E-state index in [2.05, 4.69) is 25.3 Å². The first-order chi connectivity index (χ1) is 8.77. The van der Waals surface area contributed by atoms with E-state index < -0.39 is 11.8 Å². The van der Waals surface area contributed by atoms with Gasteiger partial charge in [0.2, 0.25) is 6.39 Å². The highest BCUT2D eigenvalue weighted by Gasteiger charge is 2.22. The second kappa shape index (κ2) is 6.10. The fraction of sp³-hybridized carbons (Fsp3) is 0.600. The topological polar surface area (TPSA) is 100 Å². The van der Waals surface area contributed by atoms with Crippen LogP contribution in [0.15, 0.2) is 10.9 Å². The lowest BCUT2D eigenvalue weighted by molar-refractivity contribution is -0.146. The molecule has 2 N–H and O–H groups in total. The highest BCUT2D eigenvalue weighted by Crippen LogP contribution is 1.94. The van der Waals surface area contributed by atoms with Gasteiger partial charge in [0.25, 0.3) is 0 Å². The van der Waals surface area contributed by atoms with E-state index >= 15 is 0 Å². The van der Waals surface area contributed by atoms with Crippen molar-refractivity contribution in [2.24, 2.45) is 0 Å². The highest BCUT2D eigenvalue weighted by molar-refractivity contribution is 6.35. The van der Waals surface area contributed by atoms with Crippen molar-refractivity contribution >= 4 is 11.8 Å². The van der Waals surface area contributed by atoms with Crippen molar-refractivity contribution < 1.29 is 14.1 Å². The summed E-state index contributed by atoms with van der Waals surface area (Å²) >= 11 is 0. The van der Waals surface area contributed by atoms with E-state index in [0.29, 0.717) is 31.9 Å². The van der Waals surface area contributed by atoms with Gasteiger partial charge in [-0.05, 0) is 0 Å². The van der Waals surface area contributed by atoms with E-state index in [0.717, 1.165) is 13.1 Å². The number of amides is 2. The van der Waals surface area contributed by atoms with Gasteiger partial charge >= 0.3 is 11.8 Å². The van der Waals surface area contributed by atoms with Crippen LogP contribution in [0.3, 0.4) is 0 Å². The van der Waals surface area contributed by atoms with Gasteiger partial charge in [0, 0.05) is 39.1 Å². The molecule has 1 aliphatic rings. The maximum absolute atomic E-state index is 11.7. The minimum atomic E-state index is -0.583. The molecule has 0 bridgehead atoms. The van der Waals surface area contributed by atoms with Gasteiger partial charge in [-0.15, -0.1) is 0 Å². The molecule has 2 rings (SSSR count). The van der Waals surface area contributed by atoms with Crippen LogP contribution in [-0.2, 0) is 16.0 Å². The Morgan fingerprint density at radius 3 is 2.89 bits per heavy atom. The van der Waals surface area contributed by atoms with Crippen LogP contribution in [0.4, 0.5) is 0 Å². The van der Waals surface area contributed by atoms with Crippen LogP contribution in [0, 0.1) is 0 Å². The van der Waals surface area contributed by atoms with Crippen LogP contribution in [0.5, 0.6) is 0 Å². The van der Waals surface area contributed by atoms with E-state index in [-0.39, 0.29) is 0 Å². The Labute approximate surface area is 104 Å². The Morgan fingerprint density at radius 2 is 2.22 bits per heavy atom. The zero-order valence-corrected chi connectivity index (χ0v) is 9.89. The predicted molar refractivity (Wildman–Crippen MR) is 60.5 cm³/mol. The number of piperazine rings is 1. The van der Waals surface area contributed by atoms with E-state index in [1.54, 1.807) is 4.90 Å². The molecule has 2 amide bonds. The molecule has 1 aromatic heterocycles. The summed E-state index contributed by atoms with van der Waals surface area (Å²) in [4.78, 5) is 28.7. The third-order valence-corrected chi connectivity index (χ3v) is 2.64. The molecular formula is C10H15N5O3. The lowest BCUT2D eigenvalue weighted by atomic mass is 10.3. The molecule has 98 valence electrons. The second-order valence-corrected chi connectivity index (χ2v) is 3.90. The maximum Gasteiger partial charge on any atom is 0.311 e. The fourth-order valence-corrected chi connectivity index (χ4v) is 1.68. The highest BCUT2D eigenvalue weighted by atomic mass is 16.5. The van der Waals surface area contributed by atoms with Crippen LogP contribution >= 0.6 is 0 Å². The molecule has 0 unspecified atom stereocenters. The quantitative estimate of drug-likeness (QED) is 0.614. The average Bonchev–Trinajstić information content (AvgIpc) is 2.92. The number of aromatic nitrogens is 2. The summed E-state index contributed by atoms with van der Waals surface area (Å²) in [6.07, 6.45) is 1.67. The molecule has 1 fully saturated rings. The zero-order valence-electron chi connectivity index (χ0n) is 9.89. The summed E-state index contributed by atoms with van der Waals surface area (Å²) in [5, 5.41) is 9.27. The number of hydrogen-bond acceptors (Lipinski definition) is 6. The molecular weight excluding hydrogens is 238 g/mol. The van der Waals surface area contributed by atoms with Crippen molar-refractivity contribution in [3.05, 3.63) is 12.2 Å². The molecule has 1 aromatic rings. The fourth-order valence-electron chi connectivity index (χ4n) is 1.68. The first-order valence-corrected chi connectivity index (χ1v) is 5.80. The van der Waals surface area contributed by atoms with E-state index in [1.807, 2.05) is 0 Å². The van der Waals surface area contributed by atoms with Gasteiger partial charge < -0.3 is 20.1 Å². The molecule has 8 nitrogen and oxygen atoms in total.